The molecule has 0 unspecified atom stereocenters. The summed E-state index contributed by atoms with van der Waals surface area (Å²) in [5.41, 5.74) is 3.32. The molecule has 0 aliphatic carbocycles. The van der Waals surface area contributed by atoms with E-state index in [0.717, 1.165) is 23.1 Å². The van der Waals surface area contributed by atoms with E-state index in [0.29, 0.717) is 31.5 Å². The average Bonchev–Trinajstić information content (AvgIpc) is 3.03. The second-order valence-corrected chi connectivity index (χ2v) is 8.70. The highest BCUT2D eigenvalue weighted by molar-refractivity contribution is 6.02. The van der Waals surface area contributed by atoms with Gasteiger partial charge in [0.2, 0.25) is 5.91 Å². The zero-order valence-corrected chi connectivity index (χ0v) is 20.0. The molecular formula is C28H29N3O5. The predicted molar refractivity (Wildman–Crippen MR) is 134 cm³/mol. The Kier molecular flexibility index (Phi) is 8.28. The van der Waals surface area contributed by atoms with Crippen molar-refractivity contribution in [2.45, 2.75) is 38.3 Å². The summed E-state index contributed by atoms with van der Waals surface area (Å²) < 4.78 is 5.59. The maximum Gasteiger partial charge on any atom is 0.410 e. The highest BCUT2D eigenvalue weighted by Gasteiger charge is 2.37. The zero-order valence-electron chi connectivity index (χ0n) is 20.0. The number of carbonyl (C=O) groups is 3. The fourth-order valence-electron chi connectivity index (χ4n) is 4.47. The maximum absolute atomic E-state index is 13.7. The van der Waals surface area contributed by atoms with Crippen molar-refractivity contribution in [2.24, 2.45) is 0 Å². The van der Waals surface area contributed by atoms with Crippen LogP contribution in [-0.2, 0) is 33.8 Å². The van der Waals surface area contributed by atoms with E-state index in [9.17, 15) is 19.5 Å². The van der Waals surface area contributed by atoms with E-state index in [1.54, 1.807) is 30.6 Å². The van der Waals surface area contributed by atoms with E-state index in [4.69, 9.17) is 4.74 Å². The third kappa shape index (κ3) is 6.27. The van der Waals surface area contributed by atoms with Crippen molar-refractivity contribution in [3.05, 3.63) is 95.8 Å². The van der Waals surface area contributed by atoms with Crippen LogP contribution in [0.3, 0.4) is 0 Å². The van der Waals surface area contributed by atoms with Crippen LogP contribution in [0.2, 0.25) is 0 Å². The predicted octanol–water partition coefficient (Wildman–Crippen LogP) is 4.09. The van der Waals surface area contributed by atoms with Gasteiger partial charge in [0.15, 0.2) is 0 Å². The average molecular weight is 488 g/mol. The quantitative estimate of drug-likeness (QED) is 0.488. The molecule has 0 saturated carbocycles. The molecule has 0 radical (unpaired) electrons. The highest BCUT2D eigenvalue weighted by Crippen LogP contribution is 2.29. The summed E-state index contributed by atoms with van der Waals surface area (Å²) in [5.74, 6) is -1.53. The van der Waals surface area contributed by atoms with Gasteiger partial charge in [-0.1, -0.05) is 54.6 Å². The van der Waals surface area contributed by atoms with Gasteiger partial charge in [-0.3, -0.25) is 24.4 Å². The van der Waals surface area contributed by atoms with E-state index < -0.39 is 30.6 Å². The van der Waals surface area contributed by atoms with Crippen LogP contribution in [0.25, 0.3) is 0 Å². The Morgan fingerprint density at radius 2 is 1.78 bits per heavy atom. The number of rotatable bonds is 9. The van der Waals surface area contributed by atoms with Gasteiger partial charge in [0.1, 0.15) is 19.2 Å². The summed E-state index contributed by atoms with van der Waals surface area (Å²) in [7, 11) is 0. The minimum Gasteiger partial charge on any atom is -0.480 e. The molecule has 0 bridgehead atoms. The van der Waals surface area contributed by atoms with E-state index >= 15 is 0 Å². The fourth-order valence-corrected chi connectivity index (χ4v) is 4.47. The van der Waals surface area contributed by atoms with Crippen LogP contribution in [0.5, 0.6) is 0 Å². The number of carboxylic acid groups (broad SMARTS) is 1. The number of ether oxygens (including phenoxy) is 1. The Bertz CT molecular complexity index is 1190. The molecule has 2 heterocycles. The molecule has 36 heavy (non-hydrogen) atoms. The minimum absolute atomic E-state index is 0.0296. The molecule has 2 aromatic carbocycles. The summed E-state index contributed by atoms with van der Waals surface area (Å²) in [6, 6.07) is 19.9. The second-order valence-electron chi connectivity index (χ2n) is 8.70. The lowest BCUT2D eigenvalue weighted by atomic mass is 10.0. The van der Waals surface area contributed by atoms with Gasteiger partial charge < -0.3 is 9.84 Å². The van der Waals surface area contributed by atoms with Crippen molar-refractivity contribution in [3.8, 4) is 0 Å². The fraction of sp³-hybridized carbons (Fsp3) is 0.286. The smallest absolute Gasteiger partial charge is 0.410 e. The molecule has 1 atom stereocenters. The standard InChI is InChI=1S/C28H29N3O5/c32-26(33)19-31-24-13-5-4-12-23(24)14-15-25(27(31)34)30(17-7-11-21-8-2-1-3-9-21)28(35)36-20-22-10-6-16-29-18-22/h1-6,8-10,12-13,16,18,25H,7,11,14-15,17,19-20H2,(H,32,33)/t25-/m0/s1. The normalized spacial score (nSPS) is 15.1. The van der Waals surface area contributed by atoms with Gasteiger partial charge in [-0.25, -0.2) is 4.79 Å². The number of amides is 2. The van der Waals surface area contributed by atoms with Crippen molar-refractivity contribution in [1.29, 1.82) is 0 Å². The number of carbonyl (C=O) groups excluding carboxylic acids is 2. The first-order valence-electron chi connectivity index (χ1n) is 12.0. The van der Waals surface area contributed by atoms with Gasteiger partial charge in [-0.2, -0.15) is 0 Å². The van der Waals surface area contributed by atoms with E-state index in [-0.39, 0.29) is 6.61 Å². The minimum atomic E-state index is -1.12. The van der Waals surface area contributed by atoms with E-state index in [1.165, 1.54) is 9.80 Å². The molecule has 1 aromatic heterocycles. The first-order chi connectivity index (χ1) is 17.5. The van der Waals surface area contributed by atoms with Crippen LogP contribution in [0.4, 0.5) is 10.5 Å². The molecule has 1 N–H and O–H groups in total. The van der Waals surface area contributed by atoms with Crippen LogP contribution < -0.4 is 4.90 Å². The molecule has 0 saturated heterocycles. The van der Waals surface area contributed by atoms with Crippen molar-refractivity contribution < 1.29 is 24.2 Å². The van der Waals surface area contributed by atoms with Crippen LogP contribution in [0.1, 0.15) is 29.5 Å². The van der Waals surface area contributed by atoms with Crippen LogP contribution in [-0.4, -0.2) is 52.1 Å². The zero-order chi connectivity index (χ0) is 25.3. The molecule has 0 fully saturated rings. The molecule has 2 amide bonds. The lowest BCUT2D eigenvalue weighted by molar-refractivity contribution is -0.137. The number of hydrogen-bond acceptors (Lipinski definition) is 5. The number of anilines is 1. The van der Waals surface area contributed by atoms with Crippen molar-refractivity contribution >= 4 is 23.7 Å². The number of pyridine rings is 1. The van der Waals surface area contributed by atoms with Gasteiger partial charge >= 0.3 is 12.1 Å². The Labute approximate surface area is 210 Å². The molecule has 4 rings (SSSR count). The third-order valence-electron chi connectivity index (χ3n) is 6.22. The van der Waals surface area contributed by atoms with E-state index in [1.807, 2.05) is 48.5 Å². The number of nitrogens with zero attached hydrogens (tertiary/aromatic N) is 3. The second kappa shape index (κ2) is 12.0. The molecular weight excluding hydrogens is 458 g/mol. The number of hydrogen-bond donors (Lipinski definition) is 1. The van der Waals surface area contributed by atoms with Crippen LogP contribution in [0, 0.1) is 0 Å². The molecule has 0 spiro atoms. The number of aryl methyl sites for hydroxylation is 2. The largest absolute Gasteiger partial charge is 0.480 e. The van der Waals surface area contributed by atoms with Gasteiger partial charge in [-0.15, -0.1) is 0 Å². The summed E-state index contributed by atoms with van der Waals surface area (Å²) in [6.45, 7) is -0.148. The van der Waals surface area contributed by atoms with Gasteiger partial charge in [0, 0.05) is 30.2 Å². The van der Waals surface area contributed by atoms with E-state index in [2.05, 4.69) is 4.98 Å². The molecule has 1 aliphatic heterocycles. The number of benzene rings is 2. The molecule has 1 aliphatic rings. The van der Waals surface area contributed by atoms with Gasteiger partial charge in [0.25, 0.3) is 0 Å². The van der Waals surface area contributed by atoms with Gasteiger partial charge in [-0.05, 0) is 48.9 Å². The summed E-state index contributed by atoms with van der Waals surface area (Å²) >= 11 is 0. The molecule has 3 aromatic rings. The van der Waals surface area contributed by atoms with Gasteiger partial charge in [0.05, 0.1) is 0 Å². The molecule has 8 nitrogen and oxygen atoms in total. The van der Waals surface area contributed by atoms with Crippen molar-refractivity contribution in [1.82, 2.24) is 9.88 Å². The Morgan fingerprint density at radius 3 is 2.53 bits per heavy atom. The summed E-state index contributed by atoms with van der Waals surface area (Å²) in [4.78, 5) is 45.4. The lowest BCUT2D eigenvalue weighted by Gasteiger charge is -2.32. The number of aliphatic carboxylic acids is 1. The van der Waals surface area contributed by atoms with Crippen LogP contribution >= 0.6 is 0 Å². The Hall–Kier alpha value is -4.20. The molecule has 186 valence electrons. The first kappa shape index (κ1) is 24.9. The number of para-hydroxylation sites is 1. The van der Waals surface area contributed by atoms with Crippen LogP contribution in [0.15, 0.2) is 79.1 Å². The SMILES string of the molecule is O=C(O)CN1C(=O)[C@@H](N(CCCc2ccccc2)C(=O)OCc2cccnc2)CCc2ccccc21. The van der Waals surface area contributed by atoms with Crippen molar-refractivity contribution in [3.63, 3.8) is 0 Å². The topological polar surface area (TPSA) is 100 Å². The summed E-state index contributed by atoms with van der Waals surface area (Å²) in [5, 5.41) is 9.51. The lowest BCUT2D eigenvalue weighted by Crippen LogP contribution is -2.52. The van der Waals surface area contributed by atoms with Crippen molar-refractivity contribution in [2.75, 3.05) is 18.0 Å². The first-order valence-corrected chi connectivity index (χ1v) is 12.0. The Balaban J connectivity index is 1.56. The number of fused-ring (bicyclic) bond motifs is 1. The third-order valence-corrected chi connectivity index (χ3v) is 6.22. The monoisotopic (exact) mass is 487 g/mol. The Morgan fingerprint density at radius 1 is 1.03 bits per heavy atom. The summed E-state index contributed by atoms with van der Waals surface area (Å²) in [6.07, 6.45) is 4.92. The number of aromatic nitrogens is 1. The molecule has 8 heteroatoms. The maximum atomic E-state index is 13.7. The highest BCUT2D eigenvalue weighted by atomic mass is 16.6. The number of carboxylic acids is 1.